The number of non-ortho nitro benzene ring substituents is 2. The third kappa shape index (κ3) is 4.53. The summed E-state index contributed by atoms with van der Waals surface area (Å²) in [5.41, 5.74) is 3.12. The summed E-state index contributed by atoms with van der Waals surface area (Å²) in [7, 11) is 0. The molecule has 3 aromatic rings. The minimum Gasteiger partial charge on any atom is -0.360 e. The molecule has 0 saturated carbocycles. The first kappa shape index (κ1) is 23.2. The zero-order valence-electron chi connectivity index (χ0n) is 19.3. The summed E-state index contributed by atoms with van der Waals surface area (Å²) in [4.78, 5) is 36.9. The van der Waals surface area contributed by atoms with Crippen LogP contribution >= 0.6 is 0 Å². The van der Waals surface area contributed by atoms with E-state index in [9.17, 15) is 25.0 Å². The average Bonchev–Trinajstić information content (AvgIpc) is 3.16. The summed E-state index contributed by atoms with van der Waals surface area (Å²) in [5.74, 6) is 0.274. The fourth-order valence-corrected chi connectivity index (χ4v) is 5.14. The maximum atomic E-state index is 13.2. The van der Waals surface area contributed by atoms with Gasteiger partial charge in [0.15, 0.2) is 5.78 Å². The minimum absolute atomic E-state index is 0.00258. The molecule has 0 aromatic heterocycles. The highest BCUT2D eigenvalue weighted by Crippen LogP contribution is 2.43. The first-order chi connectivity index (χ1) is 17.4. The van der Waals surface area contributed by atoms with Crippen LogP contribution in [0.5, 0.6) is 0 Å². The van der Waals surface area contributed by atoms with E-state index in [1.165, 1.54) is 29.8 Å². The summed E-state index contributed by atoms with van der Waals surface area (Å²) in [6, 6.07) is 22.2. The van der Waals surface area contributed by atoms with E-state index >= 15 is 0 Å². The number of benzene rings is 3. The molecular weight excluding hydrogens is 458 g/mol. The van der Waals surface area contributed by atoms with Gasteiger partial charge in [-0.2, -0.15) is 0 Å². The lowest BCUT2D eigenvalue weighted by molar-refractivity contribution is -0.385. The van der Waals surface area contributed by atoms with Crippen LogP contribution in [-0.4, -0.2) is 33.1 Å². The standard InChI is InChI=1S/C28H23N3O5/c32-28-14-11-22-18-29(27(28)17-25(22)20-6-2-1-3-7-20)26(21-9-12-23(13-10-21)30(33)34)16-19-5-4-8-24(15-19)31(35)36/h1-16,22,25,27H,17-18H2/b26-16+/t22?,25-,27?/m0/s1. The molecule has 1 saturated heterocycles. The van der Waals surface area contributed by atoms with E-state index in [-0.39, 0.29) is 29.0 Å². The Morgan fingerprint density at radius 2 is 1.61 bits per heavy atom. The van der Waals surface area contributed by atoms with Crippen molar-refractivity contribution in [1.82, 2.24) is 4.90 Å². The zero-order valence-corrected chi connectivity index (χ0v) is 19.3. The van der Waals surface area contributed by atoms with Crippen molar-refractivity contribution in [3.8, 4) is 0 Å². The van der Waals surface area contributed by atoms with Crippen molar-refractivity contribution >= 4 is 28.9 Å². The van der Waals surface area contributed by atoms with Crippen molar-refractivity contribution in [2.24, 2.45) is 5.92 Å². The first-order valence-electron chi connectivity index (χ1n) is 11.7. The second-order valence-corrected chi connectivity index (χ2v) is 9.03. The summed E-state index contributed by atoms with van der Waals surface area (Å²) < 4.78 is 0. The molecule has 1 aliphatic carbocycles. The summed E-state index contributed by atoms with van der Waals surface area (Å²) in [5, 5.41) is 22.5. The lowest BCUT2D eigenvalue weighted by Crippen LogP contribution is -2.46. The molecule has 180 valence electrons. The predicted molar refractivity (Wildman–Crippen MR) is 136 cm³/mol. The topological polar surface area (TPSA) is 107 Å². The Labute approximate surface area is 207 Å². The largest absolute Gasteiger partial charge is 0.360 e. The number of nitro benzene ring substituents is 2. The van der Waals surface area contributed by atoms with Crippen molar-refractivity contribution in [2.45, 2.75) is 18.4 Å². The molecule has 0 amide bonds. The van der Waals surface area contributed by atoms with Gasteiger partial charge in [-0.3, -0.25) is 25.0 Å². The molecule has 0 spiro atoms. The number of rotatable bonds is 6. The quantitative estimate of drug-likeness (QED) is 0.257. The van der Waals surface area contributed by atoms with E-state index in [0.717, 1.165) is 0 Å². The van der Waals surface area contributed by atoms with Gasteiger partial charge < -0.3 is 4.90 Å². The number of hydrogen-bond donors (Lipinski definition) is 0. The van der Waals surface area contributed by atoms with Gasteiger partial charge in [0.25, 0.3) is 11.4 Å². The first-order valence-corrected chi connectivity index (χ1v) is 11.7. The van der Waals surface area contributed by atoms with Crippen molar-refractivity contribution in [3.63, 3.8) is 0 Å². The highest BCUT2D eigenvalue weighted by atomic mass is 16.6. The normalized spacial score (nSPS) is 21.3. The molecular formula is C28H23N3O5. The van der Waals surface area contributed by atoms with Crippen LogP contribution in [0, 0.1) is 26.1 Å². The Balaban J connectivity index is 1.59. The number of piperidine rings is 1. The van der Waals surface area contributed by atoms with Gasteiger partial charge in [0.1, 0.15) is 0 Å². The number of nitro groups is 2. The van der Waals surface area contributed by atoms with Gasteiger partial charge in [-0.25, -0.2) is 0 Å². The molecule has 1 fully saturated rings. The van der Waals surface area contributed by atoms with Gasteiger partial charge in [0.05, 0.1) is 15.9 Å². The molecule has 2 aliphatic heterocycles. The number of fused-ring (bicyclic) bond motifs is 3. The van der Waals surface area contributed by atoms with Gasteiger partial charge in [0.2, 0.25) is 0 Å². The van der Waals surface area contributed by atoms with Gasteiger partial charge in [0, 0.05) is 42.4 Å². The van der Waals surface area contributed by atoms with Crippen LogP contribution in [0.4, 0.5) is 11.4 Å². The second-order valence-electron chi connectivity index (χ2n) is 9.03. The van der Waals surface area contributed by atoms with Crippen LogP contribution in [0.15, 0.2) is 91.0 Å². The molecule has 8 heteroatoms. The van der Waals surface area contributed by atoms with E-state index in [0.29, 0.717) is 29.8 Å². The Kier molecular flexibility index (Phi) is 6.16. The smallest absolute Gasteiger partial charge is 0.270 e. The Morgan fingerprint density at radius 3 is 2.31 bits per heavy atom. The molecule has 3 aromatic carbocycles. The van der Waals surface area contributed by atoms with E-state index in [1.54, 1.807) is 30.3 Å². The number of hydrogen-bond acceptors (Lipinski definition) is 6. The number of nitrogens with zero attached hydrogens (tertiary/aromatic N) is 3. The molecule has 0 radical (unpaired) electrons. The molecule has 2 unspecified atom stereocenters. The number of carbonyl (C=O) groups is 1. The lowest BCUT2D eigenvalue weighted by Gasteiger charge is -2.43. The summed E-state index contributed by atoms with van der Waals surface area (Å²) >= 11 is 0. The second kappa shape index (κ2) is 9.58. The van der Waals surface area contributed by atoms with Crippen molar-refractivity contribution < 1.29 is 14.6 Å². The molecule has 0 N–H and O–H groups in total. The van der Waals surface area contributed by atoms with Crippen LogP contribution in [-0.2, 0) is 4.79 Å². The molecule has 6 rings (SSSR count). The molecule has 8 nitrogen and oxygen atoms in total. The number of ketones is 1. The number of carbonyl (C=O) groups excluding carboxylic acids is 1. The van der Waals surface area contributed by atoms with Crippen molar-refractivity contribution in [3.05, 3.63) is 128 Å². The fourth-order valence-electron chi connectivity index (χ4n) is 5.14. The molecule has 3 atom stereocenters. The summed E-state index contributed by atoms with van der Waals surface area (Å²) in [6.45, 7) is 0.574. The SMILES string of the molecule is O=C1C=CC2CN(/C(=C/c3cccc([N+](=O)[O-])c3)c3ccc([N+](=O)[O-])cc3)C1C[C@H]2c1ccccc1. The van der Waals surface area contributed by atoms with E-state index in [4.69, 9.17) is 0 Å². The van der Waals surface area contributed by atoms with Crippen LogP contribution in [0.3, 0.4) is 0 Å². The molecule has 2 heterocycles. The monoisotopic (exact) mass is 481 g/mol. The van der Waals surface area contributed by atoms with E-state index in [1.807, 2.05) is 35.3 Å². The average molecular weight is 482 g/mol. The zero-order chi connectivity index (χ0) is 25.2. The Bertz CT molecular complexity index is 1380. The maximum absolute atomic E-state index is 13.2. The molecule has 36 heavy (non-hydrogen) atoms. The molecule has 3 aliphatic rings. The highest BCUT2D eigenvalue weighted by Gasteiger charge is 2.41. The predicted octanol–water partition coefficient (Wildman–Crippen LogP) is 5.61. The van der Waals surface area contributed by atoms with E-state index < -0.39 is 15.9 Å². The third-order valence-corrected chi connectivity index (χ3v) is 6.91. The minimum atomic E-state index is -0.459. The third-order valence-electron chi connectivity index (χ3n) is 6.91. The maximum Gasteiger partial charge on any atom is 0.270 e. The Hall–Kier alpha value is -4.59. The van der Waals surface area contributed by atoms with Crippen molar-refractivity contribution in [1.29, 1.82) is 0 Å². The molecule has 2 bridgehead atoms. The van der Waals surface area contributed by atoms with Gasteiger partial charge in [-0.1, -0.05) is 48.5 Å². The van der Waals surface area contributed by atoms with Gasteiger partial charge in [-0.15, -0.1) is 0 Å². The van der Waals surface area contributed by atoms with Gasteiger partial charge >= 0.3 is 0 Å². The Morgan fingerprint density at radius 1 is 0.889 bits per heavy atom. The fraction of sp³-hybridized carbons (Fsp3) is 0.179. The van der Waals surface area contributed by atoms with E-state index in [2.05, 4.69) is 12.1 Å². The van der Waals surface area contributed by atoms with Crippen LogP contribution in [0.1, 0.15) is 29.0 Å². The van der Waals surface area contributed by atoms with Crippen LogP contribution in [0.25, 0.3) is 11.8 Å². The lowest BCUT2D eigenvalue weighted by atomic mass is 9.78. The van der Waals surface area contributed by atoms with Crippen LogP contribution in [0.2, 0.25) is 0 Å². The van der Waals surface area contributed by atoms with Crippen LogP contribution < -0.4 is 0 Å². The van der Waals surface area contributed by atoms with Gasteiger partial charge in [-0.05, 0) is 53.3 Å². The van der Waals surface area contributed by atoms with Crippen molar-refractivity contribution in [2.75, 3.05) is 6.54 Å². The summed E-state index contributed by atoms with van der Waals surface area (Å²) in [6.07, 6.45) is 6.10. The highest BCUT2D eigenvalue weighted by molar-refractivity contribution is 5.97.